The van der Waals surface area contributed by atoms with Crippen LogP contribution in [0.3, 0.4) is 0 Å². The highest BCUT2D eigenvalue weighted by Gasteiger charge is 2.28. The molecule has 0 saturated carbocycles. The number of benzene rings is 1. The van der Waals surface area contributed by atoms with Gasteiger partial charge in [-0.15, -0.1) is 0 Å². The predicted molar refractivity (Wildman–Crippen MR) is 77.2 cm³/mol. The van der Waals surface area contributed by atoms with E-state index in [0.717, 1.165) is 0 Å². The van der Waals surface area contributed by atoms with Gasteiger partial charge in [0.15, 0.2) is 6.04 Å². The van der Waals surface area contributed by atoms with Crippen molar-refractivity contribution in [1.29, 1.82) is 0 Å². The van der Waals surface area contributed by atoms with Gasteiger partial charge in [0.25, 0.3) is 0 Å². The van der Waals surface area contributed by atoms with E-state index in [4.69, 9.17) is 0 Å². The van der Waals surface area contributed by atoms with Crippen LogP contribution in [0.4, 0.5) is 4.39 Å². The number of aliphatic carboxylic acids is 1. The average Bonchev–Trinajstić information content (AvgIpc) is 2.72. The summed E-state index contributed by atoms with van der Waals surface area (Å²) in [5.41, 5.74) is 2.10. The smallest absolute Gasteiger partial charge is 0.331 e. The standard InChI is InChI=1S/C15H16FN3O3/c1-8-13(14(15(21)22)17-10(3)20)9(2)19(18-8)12-6-4-11(16)5-7-12/h4-7,14H,1-3H3,(H,17,20)(H,21,22)/t14-/m0/s1. The van der Waals surface area contributed by atoms with Crippen LogP contribution in [0.15, 0.2) is 24.3 Å². The molecule has 1 amide bonds. The van der Waals surface area contributed by atoms with Crippen molar-refractivity contribution in [1.82, 2.24) is 15.1 Å². The fraction of sp³-hybridized carbons (Fsp3) is 0.267. The SMILES string of the molecule is CC(=O)N[C@H](C(=O)O)c1c(C)nn(-c2ccc(F)cc2)c1C. The minimum absolute atomic E-state index is 0.368. The fourth-order valence-electron chi connectivity index (χ4n) is 2.37. The molecule has 0 bridgehead atoms. The molecule has 1 aromatic carbocycles. The van der Waals surface area contributed by atoms with E-state index in [1.165, 1.54) is 23.7 Å². The molecule has 0 aliphatic heterocycles. The number of carboxylic acid groups (broad SMARTS) is 1. The molecule has 0 radical (unpaired) electrons. The summed E-state index contributed by atoms with van der Waals surface area (Å²) in [6, 6.07) is 4.52. The number of nitrogens with one attached hydrogen (secondary N) is 1. The molecular formula is C15H16FN3O3. The third-order valence-corrected chi connectivity index (χ3v) is 3.30. The van der Waals surface area contributed by atoms with Gasteiger partial charge in [-0.3, -0.25) is 4.79 Å². The molecule has 2 rings (SSSR count). The Bertz CT molecular complexity index is 722. The largest absolute Gasteiger partial charge is 0.479 e. The van der Waals surface area contributed by atoms with E-state index < -0.39 is 17.9 Å². The van der Waals surface area contributed by atoms with Gasteiger partial charge in [0.2, 0.25) is 5.91 Å². The Morgan fingerprint density at radius 2 is 1.86 bits per heavy atom. The number of carbonyl (C=O) groups excluding carboxylic acids is 1. The molecule has 6 nitrogen and oxygen atoms in total. The first kappa shape index (κ1) is 15.7. The lowest BCUT2D eigenvalue weighted by molar-refractivity contribution is -0.141. The first-order valence-electron chi connectivity index (χ1n) is 6.63. The number of hydrogen-bond donors (Lipinski definition) is 2. The summed E-state index contributed by atoms with van der Waals surface area (Å²) < 4.78 is 14.5. The van der Waals surface area contributed by atoms with Crippen LogP contribution in [0, 0.1) is 19.7 Å². The zero-order valence-electron chi connectivity index (χ0n) is 12.4. The minimum atomic E-state index is -1.17. The summed E-state index contributed by atoms with van der Waals surface area (Å²) in [5.74, 6) is -1.98. The van der Waals surface area contributed by atoms with Crippen molar-refractivity contribution in [2.24, 2.45) is 0 Å². The lowest BCUT2D eigenvalue weighted by atomic mass is 10.0. The van der Waals surface area contributed by atoms with Gasteiger partial charge in [-0.25, -0.2) is 13.9 Å². The molecule has 7 heteroatoms. The quantitative estimate of drug-likeness (QED) is 0.903. The van der Waals surface area contributed by atoms with Crippen molar-refractivity contribution in [3.63, 3.8) is 0 Å². The average molecular weight is 305 g/mol. The molecule has 0 spiro atoms. The molecule has 0 aliphatic carbocycles. The number of carbonyl (C=O) groups is 2. The summed E-state index contributed by atoms with van der Waals surface area (Å²) in [6.07, 6.45) is 0. The second-order valence-electron chi connectivity index (χ2n) is 4.94. The fourth-order valence-corrected chi connectivity index (χ4v) is 2.37. The number of nitrogens with zero attached hydrogens (tertiary/aromatic N) is 2. The molecule has 0 unspecified atom stereocenters. The van der Waals surface area contributed by atoms with E-state index in [1.54, 1.807) is 26.0 Å². The number of aromatic nitrogens is 2. The molecule has 116 valence electrons. The molecule has 0 saturated heterocycles. The Balaban J connectivity index is 2.52. The first-order valence-corrected chi connectivity index (χ1v) is 6.63. The van der Waals surface area contributed by atoms with Gasteiger partial charge in [0, 0.05) is 18.2 Å². The van der Waals surface area contributed by atoms with Gasteiger partial charge in [-0.05, 0) is 38.1 Å². The highest BCUT2D eigenvalue weighted by atomic mass is 19.1. The Kier molecular flexibility index (Phi) is 4.25. The van der Waals surface area contributed by atoms with Crippen LogP contribution < -0.4 is 5.32 Å². The van der Waals surface area contributed by atoms with Crippen LogP contribution in [0.1, 0.15) is 29.9 Å². The summed E-state index contributed by atoms with van der Waals surface area (Å²) in [4.78, 5) is 22.7. The normalized spacial score (nSPS) is 12.0. The maximum Gasteiger partial charge on any atom is 0.331 e. The summed E-state index contributed by atoms with van der Waals surface area (Å²) in [7, 11) is 0. The van der Waals surface area contributed by atoms with Crippen molar-refractivity contribution in [2.75, 3.05) is 0 Å². The molecule has 1 atom stereocenters. The topological polar surface area (TPSA) is 84.2 Å². The van der Waals surface area contributed by atoms with Crippen molar-refractivity contribution < 1.29 is 19.1 Å². The predicted octanol–water partition coefficient (Wildman–Crippen LogP) is 1.89. The van der Waals surface area contributed by atoms with Gasteiger partial charge in [-0.1, -0.05) is 0 Å². The Labute approximate surface area is 126 Å². The van der Waals surface area contributed by atoms with E-state index in [2.05, 4.69) is 10.4 Å². The molecular weight excluding hydrogens is 289 g/mol. The van der Waals surface area contributed by atoms with E-state index >= 15 is 0 Å². The molecule has 0 fully saturated rings. The van der Waals surface area contributed by atoms with Crippen LogP contribution in [0.2, 0.25) is 0 Å². The van der Waals surface area contributed by atoms with Crippen molar-refractivity contribution in [2.45, 2.75) is 26.8 Å². The number of halogens is 1. The Morgan fingerprint density at radius 3 is 2.36 bits per heavy atom. The number of rotatable bonds is 4. The summed E-state index contributed by atoms with van der Waals surface area (Å²) in [6.45, 7) is 4.63. The number of hydrogen-bond acceptors (Lipinski definition) is 3. The van der Waals surface area contributed by atoms with Gasteiger partial charge < -0.3 is 10.4 Å². The highest BCUT2D eigenvalue weighted by molar-refractivity contribution is 5.83. The summed E-state index contributed by atoms with van der Waals surface area (Å²) >= 11 is 0. The lowest BCUT2D eigenvalue weighted by Crippen LogP contribution is -2.32. The van der Waals surface area contributed by atoms with Gasteiger partial charge in [-0.2, -0.15) is 5.10 Å². The zero-order valence-corrected chi connectivity index (χ0v) is 12.4. The molecule has 2 aromatic rings. The van der Waals surface area contributed by atoms with E-state index in [1.807, 2.05) is 0 Å². The van der Waals surface area contributed by atoms with E-state index in [0.29, 0.717) is 22.6 Å². The maximum atomic E-state index is 13.0. The second-order valence-corrected chi connectivity index (χ2v) is 4.94. The number of carboxylic acids is 1. The molecule has 2 N–H and O–H groups in total. The molecule has 1 aromatic heterocycles. The maximum absolute atomic E-state index is 13.0. The van der Waals surface area contributed by atoms with Crippen molar-refractivity contribution in [3.05, 3.63) is 47.0 Å². The van der Waals surface area contributed by atoms with Gasteiger partial charge >= 0.3 is 5.97 Å². The van der Waals surface area contributed by atoms with Crippen LogP contribution >= 0.6 is 0 Å². The van der Waals surface area contributed by atoms with Crippen molar-refractivity contribution >= 4 is 11.9 Å². The third kappa shape index (κ3) is 2.98. The van der Waals surface area contributed by atoms with Gasteiger partial charge in [0.05, 0.1) is 11.4 Å². The molecule has 0 aliphatic rings. The van der Waals surface area contributed by atoms with Crippen LogP contribution in [-0.4, -0.2) is 26.8 Å². The highest BCUT2D eigenvalue weighted by Crippen LogP contribution is 2.24. The lowest BCUT2D eigenvalue weighted by Gasteiger charge is -2.14. The van der Waals surface area contributed by atoms with Gasteiger partial charge in [0.1, 0.15) is 5.82 Å². The molecule has 1 heterocycles. The zero-order chi connectivity index (χ0) is 16.4. The Morgan fingerprint density at radius 1 is 1.27 bits per heavy atom. The summed E-state index contributed by atoms with van der Waals surface area (Å²) in [5, 5.41) is 16.0. The van der Waals surface area contributed by atoms with Crippen LogP contribution in [0.25, 0.3) is 5.69 Å². The first-order chi connectivity index (χ1) is 10.3. The van der Waals surface area contributed by atoms with E-state index in [-0.39, 0.29) is 5.82 Å². The number of aryl methyl sites for hydroxylation is 1. The number of amides is 1. The molecule has 22 heavy (non-hydrogen) atoms. The van der Waals surface area contributed by atoms with Crippen LogP contribution in [0.5, 0.6) is 0 Å². The Hall–Kier alpha value is -2.70. The second kappa shape index (κ2) is 5.97. The third-order valence-electron chi connectivity index (χ3n) is 3.30. The van der Waals surface area contributed by atoms with Crippen LogP contribution in [-0.2, 0) is 9.59 Å². The monoisotopic (exact) mass is 305 g/mol. The minimum Gasteiger partial charge on any atom is -0.479 e. The van der Waals surface area contributed by atoms with E-state index in [9.17, 15) is 19.1 Å². The van der Waals surface area contributed by atoms with Crippen molar-refractivity contribution in [3.8, 4) is 5.69 Å².